The number of anilines is 1. The number of hydrogen-bond acceptors (Lipinski definition) is 4. The van der Waals surface area contributed by atoms with Crippen LogP contribution in [-0.2, 0) is 0 Å². The second-order valence-corrected chi connectivity index (χ2v) is 8.12. The number of carbonyl (C=O) groups is 1. The summed E-state index contributed by atoms with van der Waals surface area (Å²) in [6, 6.07) is 22.3. The standard InChI is InChI=1S/C26H31N3O2/c1-21-9-2-5-13-24(21)29-19-17-28(18-20-29)16-7-6-15-27-26(30)31-25-14-8-11-22-10-3-4-12-23(22)25/h2-5,8-14H,6-7,15-20H2,1H3,(H,27,30). The fraction of sp³-hybridized carbons (Fsp3) is 0.346. The van der Waals surface area contributed by atoms with Crippen LogP contribution in [0.25, 0.3) is 10.8 Å². The topological polar surface area (TPSA) is 44.8 Å². The number of para-hydroxylation sites is 1. The first-order chi connectivity index (χ1) is 15.2. The van der Waals surface area contributed by atoms with Gasteiger partial charge in [0.05, 0.1) is 0 Å². The van der Waals surface area contributed by atoms with Crippen LogP contribution >= 0.6 is 0 Å². The van der Waals surface area contributed by atoms with Gasteiger partial charge in [-0.15, -0.1) is 0 Å². The lowest BCUT2D eigenvalue weighted by Gasteiger charge is -2.36. The number of nitrogens with zero attached hydrogens (tertiary/aromatic N) is 2. The Hall–Kier alpha value is -3.05. The summed E-state index contributed by atoms with van der Waals surface area (Å²) in [7, 11) is 0. The number of nitrogens with one attached hydrogen (secondary N) is 1. The lowest BCUT2D eigenvalue weighted by atomic mass is 10.1. The molecule has 1 saturated heterocycles. The number of ether oxygens (including phenoxy) is 1. The van der Waals surface area contributed by atoms with Crippen LogP contribution in [0.5, 0.6) is 5.75 Å². The van der Waals surface area contributed by atoms with E-state index >= 15 is 0 Å². The number of benzene rings is 3. The van der Waals surface area contributed by atoms with E-state index < -0.39 is 0 Å². The Morgan fingerprint density at radius 1 is 0.903 bits per heavy atom. The largest absolute Gasteiger partial charge is 0.412 e. The number of fused-ring (bicyclic) bond motifs is 1. The quantitative estimate of drug-likeness (QED) is 0.559. The molecule has 1 N–H and O–H groups in total. The smallest absolute Gasteiger partial charge is 0.410 e. The van der Waals surface area contributed by atoms with Crippen molar-refractivity contribution in [2.24, 2.45) is 0 Å². The van der Waals surface area contributed by atoms with E-state index in [0.29, 0.717) is 12.3 Å². The molecule has 5 heteroatoms. The molecule has 1 heterocycles. The highest BCUT2D eigenvalue weighted by molar-refractivity contribution is 5.90. The van der Waals surface area contributed by atoms with Crippen molar-refractivity contribution in [3.8, 4) is 5.75 Å². The van der Waals surface area contributed by atoms with Gasteiger partial charge in [0.15, 0.2) is 0 Å². The van der Waals surface area contributed by atoms with E-state index in [1.165, 1.54) is 11.3 Å². The van der Waals surface area contributed by atoms with Gasteiger partial charge in [-0.05, 0) is 49.4 Å². The lowest BCUT2D eigenvalue weighted by Crippen LogP contribution is -2.46. The van der Waals surface area contributed by atoms with Crippen LogP contribution in [0.4, 0.5) is 10.5 Å². The molecule has 1 fully saturated rings. The Morgan fingerprint density at radius 3 is 2.48 bits per heavy atom. The first-order valence-electron chi connectivity index (χ1n) is 11.2. The Labute approximate surface area is 184 Å². The zero-order valence-electron chi connectivity index (χ0n) is 18.2. The van der Waals surface area contributed by atoms with E-state index in [1.54, 1.807) is 0 Å². The lowest BCUT2D eigenvalue weighted by molar-refractivity contribution is 0.200. The van der Waals surface area contributed by atoms with Gasteiger partial charge in [0, 0.05) is 43.8 Å². The van der Waals surface area contributed by atoms with Gasteiger partial charge >= 0.3 is 6.09 Å². The van der Waals surface area contributed by atoms with E-state index in [4.69, 9.17) is 4.74 Å². The van der Waals surface area contributed by atoms with Crippen LogP contribution in [0.1, 0.15) is 18.4 Å². The predicted octanol–water partition coefficient (Wildman–Crippen LogP) is 4.84. The summed E-state index contributed by atoms with van der Waals surface area (Å²) in [5.74, 6) is 0.599. The number of piperazine rings is 1. The fourth-order valence-electron chi connectivity index (χ4n) is 4.20. The molecule has 0 atom stereocenters. The van der Waals surface area contributed by atoms with E-state index in [1.807, 2.05) is 42.5 Å². The molecular formula is C26H31N3O2. The van der Waals surface area contributed by atoms with E-state index in [2.05, 4.69) is 46.3 Å². The third kappa shape index (κ3) is 5.56. The maximum atomic E-state index is 12.2. The zero-order valence-corrected chi connectivity index (χ0v) is 18.2. The Morgan fingerprint density at radius 2 is 1.65 bits per heavy atom. The van der Waals surface area contributed by atoms with Crippen LogP contribution in [0.3, 0.4) is 0 Å². The molecule has 162 valence electrons. The first kappa shape index (κ1) is 21.2. The van der Waals surface area contributed by atoms with Gasteiger partial charge in [0.2, 0.25) is 0 Å². The van der Waals surface area contributed by atoms with Gasteiger partial charge in [-0.25, -0.2) is 4.79 Å². The predicted molar refractivity (Wildman–Crippen MR) is 127 cm³/mol. The minimum absolute atomic E-state index is 0.386. The summed E-state index contributed by atoms with van der Waals surface area (Å²) in [6.07, 6.45) is 1.63. The van der Waals surface area contributed by atoms with Crippen molar-refractivity contribution in [3.05, 3.63) is 72.3 Å². The molecule has 0 bridgehead atoms. The molecule has 3 aromatic rings. The van der Waals surface area contributed by atoms with E-state index in [9.17, 15) is 4.79 Å². The Bertz CT molecular complexity index is 1010. The highest BCUT2D eigenvalue weighted by Gasteiger charge is 2.17. The van der Waals surface area contributed by atoms with Crippen molar-refractivity contribution in [2.45, 2.75) is 19.8 Å². The molecule has 0 unspecified atom stereocenters. The van der Waals surface area contributed by atoms with Gasteiger partial charge in [0.25, 0.3) is 0 Å². The molecule has 0 radical (unpaired) electrons. The molecule has 5 nitrogen and oxygen atoms in total. The maximum absolute atomic E-state index is 12.2. The third-order valence-corrected chi connectivity index (χ3v) is 5.95. The van der Waals surface area contributed by atoms with Crippen molar-refractivity contribution in [1.82, 2.24) is 10.2 Å². The van der Waals surface area contributed by atoms with Crippen LogP contribution < -0.4 is 15.0 Å². The highest BCUT2D eigenvalue weighted by Crippen LogP contribution is 2.25. The molecule has 0 aromatic heterocycles. The summed E-state index contributed by atoms with van der Waals surface area (Å²) in [4.78, 5) is 17.2. The molecular weight excluding hydrogens is 386 g/mol. The van der Waals surface area contributed by atoms with Gasteiger partial charge in [0.1, 0.15) is 5.75 Å². The molecule has 4 rings (SSSR count). The van der Waals surface area contributed by atoms with Gasteiger partial charge in [-0.3, -0.25) is 4.90 Å². The Kier molecular flexibility index (Phi) is 7.05. The Balaban J connectivity index is 1.13. The monoisotopic (exact) mass is 417 g/mol. The SMILES string of the molecule is Cc1ccccc1N1CCN(CCCCNC(=O)Oc2cccc3ccccc23)CC1. The number of unbranched alkanes of at least 4 members (excludes halogenated alkanes) is 1. The molecule has 1 amide bonds. The van der Waals surface area contributed by atoms with Crippen molar-refractivity contribution in [1.29, 1.82) is 0 Å². The minimum Gasteiger partial charge on any atom is -0.410 e. The van der Waals surface area contributed by atoms with Crippen LogP contribution in [-0.4, -0.2) is 50.3 Å². The minimum atomic E-state index is -0.386. The summed E-state index contributed by atoms with van der Waals surface area (Å²) in [6.45, 7) is 8.20. The second kappa shape index (κ2) is 10.3. The summed E-state index contributed by atoms with van der Waals surface area (Å²) in [5, 5.41) is 4.89. The molecule has 31 heavy (non-hydrogen) atoms. The first-order valence-corrected chi connectivity index (χ1v) is 11.2. The summed E-state index contributed by atoms with van der Waals surface area (Å²) >= 11 is 0. The molecule has 0 spiro atoms. The second-order valence-electron chi connectivity index (χ2n) is 8.12. The number of rotatable bonds is 7. The maximum Gasteiger partial charge on any atom is 0.412 e. The molecule has 1 aliphatic rings. The average Bonchev–Trinajstić information content (AvgIpc) is 2.80. The third-order valence-electron chi connectivity index (χ3n) is 5.95. The van der Waals surface area contributed by atoms with Gasteiger partial charge in [-0.2, -0.15) is 0 Å². The number of aryl methyl sites for hydroxylation is 1. The summed E-state index contributed by atoms with van der Waals surface area (Å²) in [5.41, 5.74) is 2.70. The van der Waals surface area contributed by atoms with Crippen LogP contribution in [0.2, 0.25) is 0 Å². The average molecular weight is 418 g/mol. The summed E-state index contributed by atoms with van der Waals surface area (Å²) < 4.78 is 5.52. The van der Waals surface area contributed by atoms with Gasteiger partial charge < -0.3 is 15.0 Å². The molecule has 1 aliphatic heterocycles. The van der Waals surface area contributed by atoms with Crippen LogP contribution in [0.15, 0.2) is 66.7 Å². The number of amides is 1. The highest BCUT2D eigenvalue weighted by atomic mass is 16.6. The van der Waals surface area contributed by atoms with Gasteiger partial charge in [-0.1, -0.05) is 54.6 Å². The fourth-order valence-corrected chi connectivity index (χ4v) is 4.20. The zero-order chi connectivity index (χ0) is 21.5. The molecule has 3 aromatic carbocycles. The van der Waals surface area contributed by atoms with Crippen molar-refractivity contribution in [2.75, 3.05) is 44.2 Å². The molecule has 0 saturated carbocycles. The molecule has 0 aliphatic carbocycles. The van der Waals surface area contributed by atoms with Crippen molar-refractivity contribution < 1.29 is 9.53 Å². The number of hydrogen-bond donors (Lipinski definition) is 1. The van der Waals surface area contributed by atoms with Crippen LogP contribution in [0, 0.1) is 6.92 Å². The van der Waals surface area contributed by atoms with Crippen molar-refractivity contribution >= 4 is 22.6 Å². The van der Waals surface area contributed by atoms with E-state index in [-0.39, 0.29) is 6.09 Å². The van der Waals surface area contributed by atoms with Crippen molar-refractivity contribution in [3.63, 3.8) is 0 Å². The van der Waals surface area contributed by atoms with E-state index in [0.717, 1.165) is 56.3 Å². The normalized spacial score (nSPS) is 14.5. The number of carbonyl (C=O) groups excluding carboxylic acids is 1.